The topological polar surface area (TPSA) is 74.8 Å². The van der Waals surface area contributed by atoms with Gasteiger partial charge in [0.25, 0.3) is 5.56 Å². The van der Waals surface area contributed by atoms with Crippen LogP contribution in [0.15, 0.2) is 41.6 Å². The van der Waals surface area contributed by atoms with Crippen LogP contribution in [-0.4, -0.2) is 15.9 Å². The van der Waals surface area contributed by atoms with Crippen molar-refractivity contribution < 1.29 is 4.79 Å². The quantitative estimate of drug-likeness (QED) is 0.878. The van der Waals surface area contributed by atoms with E-state index in [-0.39, 0.29) is 17.4 Å². The number of H-pyrrole nitrogens is 1. The number of carbonyl (C=O) groups excluding carboxylic acids is 1. The lowest BCUT2D eigenvalue weighted by atomic mass is 10.1. The summed E-state index contributed by atoms with van der Waals surface area (Å²) in [7, 11) is 0. The lowest BCUT2D eigenvalue weighted by Gasteiger charge is -2.06. The largest absolute Gasteiger partial charge is 0.327 e. The zero-order valence-electron chi connectivity index (χ0n) is 10.2. The number of rotatable bonds is 3. The molecule has 0 aliphatic heterocycles. The van der Waals surface area contributed by atoms with Crippen molar-refractivity contribution in [1.29, 1.82) is 0 Å². The van der Waals surface area contributed by atoms with Gasteiger partial charge in [0.1, 0.15) is 5.69 Å². The summed E-state index contributed by atoms with van der Waals surface area (Å²) in [5.74, 6) is 0.00126. The molecule has 1 fully saturated rings. The Bertz CT molecular complexity index is 660. The standard InChI is InChI=1S/C14H13N3O2/c18-13(10-1-2-10)17-12-7-11(8-16-14(12)19)9-3-5-15-6-4-9/h3-8,10H,1-2H2,(H,16,19)(H,17,18). The highest BCUT2D eigenvalue weighted by Crippen LogP contribution is 2.30. The van der Waals surface area contributed by atoms with E-state index in [1.54, 1.807) is 24.7 Å². The maximum Gasteiger partial charge on any atom is 0.271 e. The van der Waals surface area contributed by atoms with Gasteiger partial charge in [-0.1, -0.05) is 0 Å². The van der Waals surface area contributed by atoms with E-state index in [4.69, 9.17) is 0 Å². The maximum absolute atomic E-state index is 11.7. The molecule has 1 aliphatic carbocycles. The van der Waals surface area contributed by atoms with Crippen LogP contribution in [0.5, 0.6) is 0 Å². The van der Waals surface area contributed by atoms with E-state index in [0.29, 0.717) is 5.69 Å². The van der Waals surface area contributed by atoms with Gasteiger partial charge < -0.3 is 10.3 Å². The van der Waals surface area contributed by atoms with Gasteiger partial charge in [-0.2, -0.15) is 0 Å². The van der Waals surface area contributed by atoms with Crippen LogP contribution in [-0.2, 0) is 4.79 Å². The Kier molecular flexibility index (Phi) is 2.87. The van der Waals surface area contributed by atoms with Gasteiger partial charge in [-0.25, -0.2) is 0 Å². The molecule has 5 heteroatoms. The Morgan fingerprint density at radius 2 is 2.00 bits per heavy atom. The summed E-state index contributed by atoms with van der Waals surface area (Å²) in [5.41, 5.74) is 1.79. The van der Waals surface area contributed by atoms with Crippen molar-refractivity contribution in [3.05, 3.63) is 47.1 Å². The monoisotopic (exact) mass is 255 g/mol. The highest BCUT2D eigenvalue weighted by atomic mass is 16.2. The normalized spacial score (nSPS) is 14.1. The van der Waals surface area contributed by atoms with Crippen molar-refractivity contribution in [1.82, 2.24) is 9.97 Å². The fourth-order valence-corrected chi connectivity index (χ4v) is 1.87. The number of nitrogens with one attached hydrogen (secondary N) is 2. The molecule has 0 saturated heterocycles. The van der Waals surface area contributed by atoms with Crippen LogP contribution in [0.1, 0.15) is 12.8 Å². The van der Waals surface area contributed by atoms with Gasteiger partial charge in [-0.3, -0.25) is 14.6 Å². The summed E-state index contributed by atoms with van der Waals surface area (Å²) in [4.78, 5) is 30.0. The van der Waals surface area contributed by atoms with Crippen molar-refractivity contribution >= 4 is 11.6 Å². The molecule has 2 heterocycles. The highest BCUT2D eigenvalue weighted by molar-refractivity contribution is 5.94. The predicted octanol–water partition coefficient (Wildman–Crippen LogP) is 1.79. The fourth-order valence-electron chi connectivity index (χ4n) is 1.87. The number of hydrogen-bond acceptors (Lipinski definition) is 3. The summed E-state index contributed by atoms with van der Waals surface area (Å²) in [6, 6.07) is 5.38. The van der Waals surface area contributed by atoms with Crippen molar-refractivity contribution in [3.63, 3.8) is 0 Å². The molecule has 0 atom stereocenters. The van der Waals surface area contributed by atoms with Crippen molar-refractivity contribution in [3.8, 4) is 11.1 Å². The molecule has 96 valence electrons. The third kappa shape index (κ3) is 2.54. The van der Waals surface area contributed by atoms with Gasteiger partial charge in [0, 0.05) is 30.1 Å². The van der Waals surface area contributed by atoms with Gasteiger partial charge in [-0.15, -0.1) is 0 Å². The van der Waals surface area contributed by atoms with E-state index in [1.165, 1.54) is 0 Å². The summed E-state index contributed by atoms with van der Waals surface area (Å²) in [5, 5.41) is 2.68. The first-order chi connectivity index (χ1) is 9.24. The number of carbonyl (C=O) groups is 1. The second-order valence-corrected chi connectivity index (χ2v) is 4.63. The van der Waals surface area contributed by atoms with Crippen LogP contribution in [0.4, 0.5) is 5.69 Å². The van der Waals surface area contributed by atoms with Crippen LogP contribution < -0.4 is 10.9 Å². The number of nitrogens with zero attached hydrogens (tertiary/aromatic N) is 1. The van der Waals surface area contributed by atoms with Gasteiger partial charge in [0.15, 0.2) is 0 Å². The minimum atomic E-state index is -0.285. The molecule has 1 saturated carbocycles. The van der Waals surface area contributed by atoms with E-state index in [0.717, 1.165) is 24.0 Å². The average molecular weight is 255 g/mol. The lowest BCUT2D eigenvalue weighted by molar-refractivity contribution is -0.117. The van der Waals surface area contributed by atoms with Gasteiger partial charge in [-0.05, 0) is 36.6 Å². The first kappa shape index (κ1) is 11.6. The Hall–Kier alpha value is -2.43. The molecule has 1 aliphatic rings. The smallest absolute Gasteiger partial charge is 0.271 e. The Labute approximate surface area is 109 Å². The van der Waals surface area contributed by atoms with E-state index < -0.39 is 0 Å². The highest BCUT2D eigenvalue weighted by Gasteiger charge is 2.30. The number of pyridine rings is 2. The molecule has 5 nitrogen and oxygen atoms in total. The fraction of sp³-hybridized carbons (Fsp3) is 0.214. The summed E-state index contributed by atoms with van der Waals surface area (Å²) < 4.78 is 0. The molecular formula is C14H13N3O2. The predicted molar refractivity (Wildman–Crippen MR) is 71.6 cm³/mol. The average Bonchev–Trinajstić information content (AvgIpc) is 3.27. The molecule has 0 bridgehead atoms. The molecular weight excluding hydrogens is 242 g/mol. The third-order valence-corrected chi connectivity index (χ3v) is 3.12. The number of anilines is 1. The van der Waals surface area contributed by atoms with E-state index >= 15 is 0 Å². The number of aromatic nitrogens is 2. The molecule has 3 rings (SSSR count). The lowest BCUT2D eigenvalue weighted by Crippen LogP contribution is -2.20. The van der Waals surface area contributed by atoms with E-state index in [2.05, 4.69) is 15.3 Å². The van der Waals surface area contributed by atoms with Crippen molar-refractivity contribution in [2.24, 2.45) is 5.92 Å². The number of hydrogen-bond donors (Lipinski definition) is 2. The van der Waals surface area contributed by atoms with Crippen LogP contribution in [0.3, 0.4) is 0 Å². The van der Waals surface area contributed by atoms with Gasteiger partial charge >= 0.3 is 0 Å². The summed E-state index contributed by atoms with van der Waals surface area (Å²) in [6.07, 6.45) is 6.82. The van der Waals surface area contributed by atoms with Gasteiger partial charge in [0.2, 0.25) is 5.91 Å². The van der Waals surface area contributed by atoms with E-state index in [9.17, 15) is 9.59 Å². The number of amides is 1. The molecule has 1 amide bonds. The zero-order valence-corrected chi connectivity index (χ0v) is 10.2. The number of aromatic amines is 1. The Balaban J connectivity index is 1.91. The first-order valence-corrected chi connectivity index (χ1v) is 6.18. The van der Waals surface area contributed by atoms with Crippen LogP contribution in [0.25, 0.3) is 11.1 Å². The molecule has 19 heavy (non-hydrogen) atoms. The maximum atomic E-state index is 11.7. The molecule has 2 N–H and O–H groups in total. The minimum Gasteiger partial charge on any atom is -0.327 e. The van der Waals surface area contributed by atoms with Crippen molar-refractivity contribution in [2.45, 2.75) is 12.8 Å². The first-order valence-electron chi connectivity index (χ1n) is 6.18. The molecule has 2 aromatic heterocycles. The van der Waals surface area contributed by atoms with E-state index in [1.807, 2.05) is 12.1 Å². The second-order valence-electron chi connectivity index (χ2n) is 4.63. The molecule has 0 unspecified atom stereocenters. The molecule has 0 radical (unpaired) electrons. The Morgan fingerprint density at radius 1 is 1.26 bits per heavy atom. The summed E-state index contributed by atoms with van der Waals surface area (Å²) in [6.45, 7) is 0. The van der Waals surface area contributed by atoms with Crippen molar-refractivity contribution in [2.75, 3.05) is 5.32 Å². The minimum absolute atomic E-state index is 0.0719. The zero-order chi connectivity index (χ0) is 13.2. The molecule has 0 spiro atoms. The third-order valence-electron chi connectivity index (χ3n) is 3.12. The second kappa shape index (κ2) is 4.68. The van der Waals surface area contributed by atoms with Crippen LogP contribution in [0.2, 0.25) is 0 Å². The SMILES string of the molecule is O=C(Nc1cc(-c2ccncc2)c[nH]c1=O)C1CC1. The van der Waals surface area contributed by atoms with Gasteiger partial charge in [0.05, 0.1) is 0 Å². The van der Waals surface area contributed by atoms with Crippen LogP contribution >= 0.6 is 0 Å². The molecule has 0 aromatic carbocycles. The molecule has 2 aromatic rings. The Morgan fingerprint density at radius 3 is 2.68 bits per heavy atom. The van der Waals surface area contributed by atoms with Crippen LogP contribution in [0, 0.1) is 5.92 Å². The summed E-state index contributed by atoms with van der Waals surface area (Å²) >= 11 is 0.